The van der Waals surface area contributed by atoms with Crippen LogP contribution in [0.1, 0.15) is 58.5 Å². The summed E-state index contributed by atoms with van der Waals surface area (Å²) in [4.78, 5) is 53.3. The van der Waals surface area contributed by atoms with Gasteiger partial charge in [0.05, 0.1) is 24.3 Å². The fourth-order valence-corrected chi connectivity index (χ4v) is 5.71. The van der Waals surface area contributed by atoms with Crippen LogP contribution in [0.15, 0.2) is 121 Å². The maximum Gasteiger partial charge on any atom is 0.338 e. The van der Waals surface area contributed by atoms with Gasteiger partial charge in [-0.25, -0.2) is 9.59 Å². The lowest BCUT2D eigenvalue weighted by Gasteiger charge is -2.48. The van der Waals surface area contributed by atoms with E-state index < -0.39 is 60.5 Å². The van der Waals surface area contributed by atoms with Crippen molar-refractivity contribution < 1.29 is 47.6 Å². The van der Waals surface area contributed by atoms with Crippen molar-refractivity contribution in [3.8, 4) is 0 Å². The number of ether oxygens (including phenoxy) is 6. The monoisotopic (exact) mass is 680 g/mol. The zero-order chi connectivity index (χ0) is 35.3. The Morgan fingerprint density at radius 2 is 0.840 bits per heavy atom. The Labute approximate surface area is 291 Å². The minimum absolute atomic E-state index is 0.00352. The van der Waals surface area contributed by atoms with Gasteiger partial charge in [-0.2, -0.15) is 0 Å². The average molecular weight is 681 g/mol. The second-order valence-corrected chi connectivity index (χ2v) is 11.8. The highest BCUT2D eigenvalue weighted by molar-refractivity contribution is 5.90. The number of benzene rings is 4. The lowest BCUT2D eigenvalue weighted by molar-refractivity contribution is -0.260. The van der Waals surface area contributed by atoms with Gasteiger partial charge in [0.1, 0.15) is 12.2 Å². The molecule has 0 radical (unpaired) electrons. The van der Waals surface area contributed by atoms with Crippen LogP contribution < -0.4 is 0 Å². The molecule has 0 unspecified atom stereocenters. The van der Waals surface area contributed by atoms with Crippen molar-refractivity contribution >= 4 is 23.9 Å². The molecular weight excluding hydrogens is 640 g/mol. The maximum absolute atomic E-state index is 13.7. The van der Waals surface area contributed by atoms with Gasteiger partial charge in [-0.3, -0.25) is 9.59 Å². The highest BCUT2D eigenvalue weighted by atomic mass is 16.7. The van der Waals surface area contributed by atoms with Gasteiger partial charge in [0, 0.05) is 13.3 Å². The van der Waals surface area contributed by atoms with E-state index in [4.69, 9.17) is 28.4 Å². The number of carbonyl (C=O) groups is 4. The van der Waals surface area contributed by atoms with Gasteiger partial charge in [-0.05, 0) is 41.8 Å². The van der Waals surface area contributed by atoms with Crippen molar-refractivity contribution in [3.63, 3.8) is 0 Å². The van der Waals surface area contributed by atoms with E-state index in [1.807, 2.05) is 67.6 Å². The molecule has 10 nitrogen and oxygen atoms in total. The average Bonchev–Trinajstić information content (AvgIpc) is 3.14. The van der Waals surface area contributed by atoms with E-state index in [-0.39, 0.29) is 30.8 Å². The SMILES string of the molecule is CCCC(=O)O[C@@H]1[C@H](OC(C)=O)[C@H](OCc2ccccc2)[C@@H](OC(=O)c2ccccc2)[C@H](OCc2ccccc2)[C@H]1OC(=O)c1ccccc1. The van der Waals surface area contributed by atoms with Crippen LogP contribution in [0.3, 0.4) is 0 Å². The van der Waals surface area contributed by atoms with Crippen LogP contribution in [0, 0.1) is 0 Å². The minimum atomic E-state index is -1.42. The molecule has 5 rings (SSSR count). The molecule has 50 heavy (non-hydrogen) atoms. The fourth-order valence-electron chi connectivity index (χ4n) is 5.71. The molecule has 4 aromatic carbocycles. The minimum Gasteiger partial charge on any atom is -0.455 e. The lowest BCUT2D eigenvalue weighted by Crippen LogP contribution is -2.68. The summed E-state index contributed by atoms with van der Waals surface area (Å²) in [6, 6.07) is 35.1. The van der Waals surface area contributed by atoms with Crippen molar-refractivity contribution in [1.82, 2.24) is 0 Å². The molecule has 1 fully saturated rings. The topological polar surface area (TPSA) is 124 Å². The van der Waals surface area contributed by atoms with E-state index in [1.54, 1.807) is 60.7 Å². The smallest absolute Gasteiger partial charge is 0.338 e. The van der Waals surface area contributed by atoms with Crippen molar-refractivity contribution in [1.29, 1.82) is 0 Å². The summed E-state index contributed by atoms with van der Waals surface area (Å²) in [5, 5.41) is 0. The van der Waals surface area contributed by atoms with Gasteiger partial charge in [0.15, 0.2) is 24.4 Å². The number of hydrogen-bond donors (Lipinski definition) is 0. The summed E-state index contributed by atoms with van der Waals surface area (Å²) in [5.74, 6) is -2.80. The van der Waals surface area contributed by atoms with Crippen molar-refractivity contribution in [2.45, 2.75) is 76.5 Å². The molecule has 1 aliphatic rings. The standard InChI is InChI=1S/C40H40O10/c1-3-16-32(42)48-38-36(47-27(2)41)33(45-25-28-17-8-4-9-18-28)35(49-39(43)30-21-12-6-13-22-30)34(46-26-29-19-10-5-11-20-29)37(38)50-40(44)31-23-14-7-15-24-31/h4-15,17-24,33-38H,3,16,25-26H2,1-2H3/t33-,34+,35-,36-,37-,38-/m1/s1. The first-order valence-electron chi connectivity index (χ1n) is 16.5. The predicted molar refractivity (Wildman–Crippen MR) is 182 cm³/mol. The van der Waals surface area contributed by atoms with E-state index in [0.717, 1.165) is 11.1 Å². The summed E-state index contributed by atoms with van der Waals surface area (Å²) in [6.07, 6.45) is -7.51. The molecule has 1 aliphatic carbocycles. The Morgan fingerprint density at radius 3 is 1.24 bits per heavy atom. The summed E-state index contributed by atoms with van der Waals surface area (Å²) in [5.41, 5.74) is 2.02. The number of esters is 4. The molecule has 0 bridgehead atoms. The summed E-state index contributed by atoms with van der Waals surface area (Å²) in [6.45, 7) is 3.03. The Morgan fingerprint density at radius 1 is 0.480 bits per heavy atom. The first kappa shape index (κ1) is 36.0. The molecule has 10 heteroatoms. The van der Waals surface area contributed by atoms with Gasteiger partial charge >= 0.3 is 23.9 Å². The van der Waals surface area contributed by atoms with Crippen LogP contribution >= 0.6 is 0 Å². The zero-order valence-corrected chi connectivity index (χ0v) is 27.9. The molecule has 0 amide bonds. The molecule has 260 valence electrons. The van der Waals surface area contributed by atoms with Crippen molar-refractivity contribution in [2.24, 2.45) is 0 Å². The van der Waals surface area contributed by atoms with Gasteiger partial charge in [-0.1, -0.05) is 104 Å². The molecule has 0 heterocycles. The van der Waals surface area contributed by atoms with Crippen LogP contribution in [-0.4, -0.2) is 60.5 Å². The fraction of sp³-hybridized carbons (Fsp3) is 0.300. The Balaban J connectivity index is 1.63. The predicted octanol–water partition coefficient (Wildman–Crippen LogP) is 6.27. The molecule has 4 aromatic rings. The van der Waals surface area contributed by atoms with Crippen molar-refractivity contribution in [2.75, 3.05) is 0 Å². The first-order chi connectivity index (χ1) is 24.3. The second-order valence-electron chi connectivity index (χ2n) is 11.8. The molecular formula is C40H40O10. The normalized spacial score (nSPS) is 21.4. The van der Waals surface area contributed by atoms with Crippen LogP contribution in [0.2, 0.25) is 0 Å². The Hall–Kier alpha value is -5.32. The van der Waals surface area contributed by atoms with Crippen LogP contribution in [-0.2, 0) is 51.2 Å². The van der Waals surface area contributed by atoms with E-state index in [0.29, 0.717) is 6.42 Å². The molecule has 0 aromatic heterocycles. The van der Waals surface area contributed by atoms with Crippen molar-refractivity contribution in [3.05, 3.63) is 144 Å². The number of rotatable bonds is 14. The summed E-state index contributed by atoms with van der Waals surface area (Å²) in [7, 11) is 0. The van der Waals surface area contributed by atoms with Gasteiger partial charge in [0.2, 0.25) is 0 Å². The second kappa shape index (κ2) is 17.9. The van der Waals surface area contributed by atoms with Gasteiger partial charge in [0.25, 0.3) is 0 Å². The largest absolute Gasteiger partial charge is 0.455 e. The lowest BCUT2D eigenvalue weighted by atomic mass is 9.83. The first-order valence-corrected chi connectivity index (χ1v) is 16.5. The third-order valence-corrected chi connectivity index (χ3v) is 8.04. The summed E-state index contributed by atoms with van der Waals surface area (Å²) < 4.78 is 37.1. The number of hydrogen-bond acceptors (Lipinski definition) is 10. The van der Waals surface area contributed by atoms with E-state index in [9.17, 15) is 19.2 Å². The Bertz CT molecular complexity index is 1680. The zero-order valence-electron chi connectivity index (χ0n) is 27.9. The highest BCUT2D eigenvalue weighted by Crippen LogP contribution is 2.36. The molecule has 0 spiro atoms. The molecule has 0 saturated heterocycles. The molecule has 1 saturated carbocycles. The van der Waals surface area contributed by atoms with E-state index >= 15 is 0 Å². The molecule has 0 N–H and O–H groups in total. The number of carbonyl (C=O) groups excluding carboxylic acids is 4. The van der Waals surface area contributed by atoms with Gasteiger partial charge in [-0.15, -0.1) is 0 Å². The third kappa shape index (κ3) is 9.64. The third-order valence-electron chi connectivity index (χ3n) is 8.04. The highest BCUT2D eigenvalue weighted by Gasteiger charge is 2.59. The van der Waals surface area contributed by atoms with Crippen LogP contribution in [0.4, 0.5) is 0 Å². The summed E-state index contributed by atoms with van der Waals surface area (Å²) >= 11 is 0. The van der Waals surface area contributed by atoms with Crippen LogP contribution in [0.25, 0.3) is 0 Å². The molecule has 6 atom stereocenters. The molecule has 0 aliphatic heterocycles. The van der Waals surface area contributed by atoms with Gasteiger partial charge < -0.3 is 28.4 Å². The van der Waals surface area contributed by atoms with E-state index in [2.05, 4.69) is 0 Å². The van der Waals surface area contributed by atoms with Crippen LogP contribution in [0.5, 0.6) is 0 Å². The van der Waals surface area contributed by atoms with E-state index in [1.165, 1.54) is 6.92 Å². The maximum atomic E-state index is 13.7. The Kier molecular flexibility index (Phi) is 12.9. The quantitative estimate of drug-likeness (QED) is 0.111.